The number of hydrogen-bond acceptors (Lipinski definition) is 6. The van der Waals surface area contributed by atoms with Crippen molar-refractivity contribution in [1.82, 2.24) is 10.0 Å². The van der Waals surface area contributed by atoms with Crippen molar-refractivity contribution in [1.29, 1.82) is 0 Å². The molecule has 0 radical (unpaired) electrons. The summed E-state index contributed by atoms with van der Waals surface area (Å²) in [6.07, 6.45) is 0.259. The molecule has 10 heteroatoms. The monoisotopic (exact) mass is 466 g/mol. The maximum atomic E-state index is 12.5. The second-order valence-electron chi connectivity index (χ2n) is 7.38. The maximum Gasteiger partial charge on any atom is 0.251 e. The van der Waals surface area contributed by atoms with Crippen LogP contribution in [0.4, 0.5) is 0 Å². The zero-order valence-corrected chi connectivity index (χ0v) is 18.8. The lowest BCUT2D eigenvalue weighted by molar-refractivity contribution is 0.0950. The minimum atomic E-state index is -3.86. The Kier molecular flexibility index (Phi) is 7.47. The molecule has 0 aliphatic carbocycles. The van der Waals surface area contributed by atoms with Crippen molar-refractivity contribution >= 4 is 25.8 Å². The van der Waals surface area contributed by atoms with Gasteiger partial charge in [0.25, 0.3) is 5.91 Å². The van der Waals surface area contributed by atoms with Gasteiger partial charge in [-0.05, 0) is 48.7 Å². The molecule has 1 amide bonds. The molecule has 1 fully saturated rings. The van der Waals surface area contributed by atoms with Gasteiger partial charge in [0.1, 0.15) is 0 Å². The molecule has 1 atom stereocenters. The normalized spacial score (nSPS) is 18.0. The molecule has 1 unspecified atom stereocenters. The third-order valence-corrected chi connectivity index (χ3v) is 8.23. The summed E-state index contributed by atoms with van der Waals surface area (Å²) in [6.45, 7) is 3.47. The lowest BCUT2D eigenvalue weighted by Gasteiger charge is -2.12. The molecule has 168 valence electrons. The average Bonchev–Trinajstić information content (AvgIpc) is 3.08. The van der Waals surface area contributed by atoms with E-state index in [-0.39, 0.29) is 28.7 Å². The summed E-state index contributed by atoms with van der Waals surface area (Å²) in [4.78, 5) is 12.4. The third-order valence-electron chi connectivity index (χ3n) is 4.93. The Hall–Kier alpha value is -2.27. The first-order valence-corrected chi connectivity index (χ1v) is 13.3. The van der Waals surface area contributed by atoms with Gasteiger partial charge >= 0.3 is 0 Å². The van der Waals surface area contributed by atoms with Crippen LogP contribution in [0.1, 0.15) is 34.8 Å². The van der Waals surface area contributed by atoms with Crippen LogP contribution in [0.2, 0.25) is 0 Å². The SMILES string of the molecule is CCOCc1ccc(CNC(=O)c2ccc(S(=O)(=O)NC3CCS(=O)(=O)C3)cc2)cc1. The summed E-state index contributed by atoms with van der Waals surface area (Å²) in [7, 11) is -7.05. The van der Waals surface area contributed by atoms with Crippen molar-refractivity contribution < 1.29 is 26.4 Å². The number of ether oxygens (including phenoxy) is 1. The smallest absolute Gasteiger partial charge is 0.251 e. The topological polar surface area (TPSA) is 119 Å². The van der Waals surface area contributed by atoms with Crippen LogP contribution in [0.25, 0.3) is 0 Å². The minimum absolute atomic E-state index is 0.0155. The largest absolute Gasteiger partial charge is 0.377 e. The molecule has 0 saturated carbocycles. The standard InChI is InChI=1S/C21H26N2O6S2/c1-2-29-14-17-5-3-16(4-6-17)13-22-21(24)18-7-9-20(10-8-18)31(27,28)23-19-11-12-30(25,26)15-19/h3-10,19,23H,2,11-15H2,1H3,(H,22,24). The van der Waals surface area contributed by atoms with Gasteiger partial charge in [-0.25, -0.2) is 21.6 Å². The Morgan fingerprint density at radius 2 is 1.71 bits per heavy atom. The first-order valence-electron chi connectivity index (χ1n) is 9.95. The summed E-state index contributed by atoms with van der Waals surface area (Å²) in [5.41, 5.74) is 2.32. The average molecular weight is 467 g/mol. The van der Waals surface area contributed by atoms with E-state index < -0.39 is 25.9 Å². The Morgan fingerprint density at radius 1 is 1.06 bits per heavy atom. The van der Waals surface area contributed by atoms with E-state index in [4.69, 9.17) is 4.74 Å². The molecule has 8 nitrogen and oxygen atoms in total. The molecule has 1 aliphatic rings. The van der Waals surface area contributed by atoms with Crippen molar-refractivity contribution in [3.8, 4) is 0 Å². The van der Waals surface area contributed by atoms with Crippen LogP contribution in [0.15, 0.2) is 53.4 Å². The number of carbonyl (C=O) groups excluding carboxylic acids is 1. The molecule has 3 rings (SSSR count). The van der Waals surface area contributed by atoms with Gasteiger partial charge < -0.3 is 10.1 Å². The van der Waals surface area contributed by atoms with E-state index in [2.05, 4.69) is 10.0 Å². The summed E-state index contributed by atoms with van der Waals surface area (Å²) in [5, 5.41) is 2.80. The molecule has 1 heterocycles. The van der Waals surface area contributed by atoms with Crippen LogP contribution >= 0.6 is 0 Å². The van der Waals surface area contributed by atoms with Crippen LogP contribution in [0, 0.1) is 0 Å². The summed E-state index contributed by atoms with van der Waals surface area (Å²) in [5.74, 6) is -0.536. The lowest BCUT2D eigenvalue weighted by atomic mass is 10.1. The van der Waals surface area contributed by atoms with E-state index in [9.17, 15) is 21.6 Å². The Balaban J connectivity index is 1.56. The van der Waals surface area contributed by atoms with E-state index in [1.54, 1.807) is 0 Å². The molecular formula is C21H26N2O6S2. The number of carbonyl (C=O) groups is 1. The number of nitrogens with one attached hydrogen (secondary N) is 2. The molecule has 2 aromatic carbocycles. The second kappa shape index (κ2) is 9.90. The predicted octanol–water partition coefficient (Wildman–Crippen LogP) is 1.62. The first kappa shape index (κ1) is 23.4. The minimum Gasteiger partial charge on any atom is -0.377 e. The van der Waals surface area contributed by atoms with E-state index in [1.165, 1.54) is 24.3 Å². The number of rotatable bonds is 9. The molecule has 0 aromatic heterocycles. The molecule has 1 saturated heterocycles. The zero-order chi connectivity index (χ0) is 22.5. The Bertz CT molecular complexity index is 1110. The van der Waals surface area contributed by atoms with Gasteiger partial charge in [0.15, 0.2) is 9.84 Å². The van der Waals surface area contributed by atoms with Gasteiger partial charge in [-0.1, -0.05) is 24.3 Å². The van der Waals surface area contributed by atoms with Gasteiger partial charge in [-0.2, -0.15) is 0 Å². The quantitative estimate of drug-likeness (QED) is 0.580. The van der Waals surface area contributed by atoms with Crippen molar-refractivity contribution in [2.75, 3.05) is 18.1 Å². The van der Waals surface area contributed by atoms with E-state index >= 15 is 0 Å². The molecule has 1 aliphatic heterocycles. The van der Waals surface area contributed by atoms with Gasteiger partial charge in [0.05, 0.1) is 23.0 Å². The fraction of sp³-hybridized carbons (Fsp3) is 0.381. The number of benzene rings is 2. The van der Waals surface area contributed by atoms with E-state index in [1.807, 2.05) is 31.2 Å². The van der Waals surface area contributed by atoms with Gasteiger partial charge in [-0.3, -0.25) is 4.79 Å². The molecule has 2 aromatic rings. The van der Waals surface area contributed by atoms with Crippen molar-refractivity contribution in [2.45, 2.75) is 37.4 Å². The van der Waals surface area contributed by atoms with Crippen LogP contribution in [-0.4, -0.2) is 46.9 Å². The maximum absolute atomic E-state index is 12.5. The zero-order valence-electron chi connectivity index (χ0n) is 17.2. The Labute approximate surface area is 183 Å². The van der Waals surface area contributed by atoms with E-state index in [0.29, 0.717) is 25.3 Å². The Morgan fingerprint density at radius 3 is 2.29 bits per heavy atom. The van der Waals surface area contributed by atoms with Crippen LogP contribution in [0.3, 0.4) is 0 Å². The molecule has 2 N–H and O–H groups in total. The lowest BCUT2D eigenvalue weighted by Crippen LogP contribution is -2.35. The number of hydrogen-bond donors (Lipinski definition) is 2. The number of amides is 1. The van der Waals surface area contributed by atoms with Crippen LogP contribution in [-0.2, 0) is 37.7 Å². The van der Waals surface area contributed by atoms with Gasteiger partial charge in [0, 0.05) is 24.8 Å². The molecule has 0 bridgehead atoms. The fourth-order valence-electron chi connectivity index (χ4n) is 3.22. The van der Waals surface area contributed by atoms with Crippen LogP contribution in [0.5, 0.6) is 0 Å². The van der Waals surface area contributed by atoms with Crippen LogP contribution < -0.4 is 10.0 Å². The summed E-state index contributed by atoms with van der Waals surface area (Å²) >= 11 is 0. The molecule has 31 heavy (non-hydrogen) atoms. The summed E-state index contributed by atoms with van der Waals surface area (Å²) < 4.78 is 55.8. The highest BCUT2D eigenvalue weighted by molar-refractivity contribution is 7.92. The van der Waals surface area contributed by atoms with Crippen molar-refractivity contribution in [3.63, 3.8) is 0 Å². The third kappa shape index (κ3) is 6.60. The highest BCUT2D eigenvalue weighted by atomic mass is 32.2. The van der Waals surface area contributed by atoms with Gasteiger partial charge in [0.2, 0.25) is 10.0 Å². The fourth-order valence-corrected chi connectivity index (χ4v) is 6.27. The predicted molar refractivity (Wildman–Crippen MR) is 117 cm³/mol. The van der Waals surface area contributed by atoms with Gasteiger partial charge in [-0.15, -0.1) is 0 Å². The highest BCUT2D eigenvalue weighted by Crippen LogP contribution is 2.16. The first-order chi connectivity index (χ1) is 14.7. The number of sulfonamides is 1. The molecule has 0 spiro atoms. The highest BCUT2D eigenvalue weighted by Gasteiger charge is 2.31. The van der Waals surface area contributed by atoms with E-state index in [0.717, 1.165) is 11.1 Å². The second-order valence-corrected chi connectivity index (χ2v) is 11.3. The van der Waals surface area contributed by atoms with Crippen molar-refractivity contribution in [2.24, 2.45) is 0 Å². The summed E-state index contributed by atoms with van der Waals surface area (Å²) in [6, 6.07) is 12.6. The molecular weight excluding hydrogens is 440 g/mol. The van der Waals surface area contributed by atoms with Crippen molar-refractivity contribution in [3.05, 3.63) is 65.2 Å². The number of sulfone groups is 1.